The van der Waals surface area contributed by atoms with Crippen LogP contribution in [-0.4, -0.2) is 39.9 Å². The van der Waals surface area contributed by atoms with E-state index < -0.39 is 0 Å². The number of rotatable bonds is 2. The first-order chi connectivity index (χ1) is 12.2. The van der Waals surface area contributed by atoms with Crippen molar-refractivity contribution in [2.75, 3.05) is 13.1 Å². The molecule has 4 rings (SSSR count). The van der Waals surface area contributed by atoms with Crippen molar-refractivity contribution in [1.29, 1.82) is 0 Å². The van der Waals surface area contributed by atoms with Gasteiger partial charge in [-0.2, -0.15) is 0 Å². The topological polar surface area (TPSA) is 72.1 Å². The van der Waals surface area contributed by atoms with Gasteiger partial charge in [0.1, 0.15) is 0 Å². The Balaban J connectivity index is 1.80. The molecule has 5 heteroatoms. The van der Waals surface area contributed by atoms with E-state index in [0.717, 1.165) is 35.0 Å². The molecule has 0 aliphatic carbocycles. The smallest absolute Gasteiger partial charge is 0.254 e. The fourth-order valence-electron chi connectivity index (χ4n) is 3.30. The number of carbonyl (C=O) groups excluding carboxylic acids is 1. The van der Waals surface area contributed by atoms with Gasteiger partial charge in [0, 0.05) is 42.5 Å². The third-order valence-electron chi connectivity index (χ3n) is 4.75. The van der Waals surface area contributed by atoms with Crippen molar-refractivity contribution in [2.24, 2.45) is 5.73 Å². The summed E-state index contributed by atoms with van der Waals surface area (Å²) < 4.78 is 0. The van der Waals surface area contributed by atoms with E-state index in [1.165, 1.54) is 0 Å². The maximum absolute atomic E-state index is 13.1. The Labute approximate surface area is 146 Å². The second kappa shape index (κ2) is 6.61. The fraction of sp³-hybridized carbons (Fsp3) is 0.250. The number of amides is 1. The molecule has 3 aromatic rings. The molecule has 1 aromatic carbocycles. The van der Waals surface area contributed by atoms with Crippen molar-refractivity contribution in [1.82, 2.24) is 14.9 Å². The highest BCUT2D eigenvalue weighted by Gasteiger charge is 2.23. The van der Waals surface area contributed by atoms with Crippen LogP contribution in [0.15, 0.2) is 54.9 Å². The van der Waals surface area contributed by atoms with E-state index in [4.69, 9.17) is 10.7 Å². The number of nitrogens with two attached hydrogens (primary N) is 1. The molecule has 0 atom stereocenters. The van der Waals surface area contributed by atoms with Crippen molar-refractivity contribution in [3.05, 3.63) is 60.4 Å². The quantitative estimate of drug-likeness (QED) is 0.783. The second-order valence-corrected chi connectivity index (χ2v) is 6.44. The molecule has 2 N–H and O–H groups in total. The summed E-state index contributed by atoms with van der Waals surface area (Å²) in [5.74, 6) is 0.0563. The molecule has 1 amide bonds. The van der Waals surface area contributed by atoms with Gasteiger partial charge in [-0.05, 0) is 37.1 Å². The lowest BCUT2D eigenvalue weighted by Gasteiger charge is -2.30. The van der Waals surface area contributed by atoms with E-state index in [2.05, 4.69) is 4.98 Å². The van der Waals surface area contributed by atoms with Crippen molar-refractivity contribution in [3.8, 4) is 11.3 Å². The first-order valence-electron chi connectivity index (χ1n) is 8.57. The number of fused-ring (bicyclic) bond motifs is 1. The predicted octanol–water partition coefficient (Wildman–Crippen LogP) is 2.86. The lowest BCUT2D eigenvalue weighted by atomic mass is 10.0. The molecule has 1 fully saturated rings. The number of likely N-dealkylation sites (tertiary alicyclic amines) is 1. The normalized spacial score (nSPS) is 15.5. The molecule has 0 spiro atoms. The van der Waals surface area contributed by atoms with Crippen LogP contribution in [0.2, 0.25) is 0 Å². The van der Waals surface area contributed by atoms with Crippen molar-refractivity contribution < 1.29 is 4.79 Å². The van der Waals surface area contributed by atoms with Crippen molar-refractivity contribution in [3.63, 3.8) is 0 Å². The fourth-order valence-corrected chi connectivity index (χ4v) is 3.30. The minimum Gasteiger partial charge on any atom is -0.339 e. The van der Waals surface area contributed by atoms with Crippen molar-refractivity contribution >= 4 is 16.8 Å². The number of piperidine rings is 1. The van der Waals surface area contributed by atoms with E-state index in [0.29, 0.717) is 18.7 Å². The van der Waals surface area contributed by atoms with E-state index in [-0.39, 0.29) is 11.9 Å². The third kappa shape index (κ3) is 3.10. The highest BCUT2D eigenvalue weighted by molar-refractivity contribution is 6.07. The summed E-state index contributed by atoms with van der Waals surface area (Å²) in [6.45, 7) is 1.42. The van der Waals surface area contributed by atoms with Crippen LogP contribution >= 0.6 is 0 Å². The Morgan fingerprint density at radius 3 is 2.56 bits per heavy atom. The zero-order valence-corrected chi connectivity index (χ0v) is 13.9. The van der Waals surface area contributed by atoms with E-state index in [1.807, 2.05) is 47.4 Å². The number of pyridine rings is 2. The maximum Gasteiger partial charge on any atom is 0.254 e. The summed E-state index contributed by atoms with van der Waals surface area (Å²) in [5, 5.41) is 0.889. The average molecular weight is 332 g/mol. The zero-order chi connectivity index (χ0) is 17.2. The molecular weight excluding hydrogens is 312 g/mol. The number of nitrogens with zero attached hydrogens (tertiary/aromatic N) is 3. The largest absolute Gasteiger partial charge is 0.339 e. The van der Waals surface area contributed by atoms with Crippen LogP contribution in [-0.2, 0) is 0 Å². The van der Waals surface area contributed by atoms with E-state index in [1.54, 1.807) is 12.4 Å². The van der Waals surface area contributed by atoms with Crippen LogP contribution in [0.25, 0.3) is 22.2 Å². The molecular formula is C20H20N4O. The Hall–Kier alpha value is -2.79. The van der Waals surface area contributed by atoms with Crippen LogP contribution in [0.3, 0.4) is 0 Å². The molecule has 1 aliphatic rings. The Bertz CT molecular complexity index is 902. The summed E-state index contributed by atoms with van der Waals surface area (Å²) >= 11 is 0. The SMILES string of the molecule is NC1CCN(C(=O)c2cc(-c3ccncc3)nc3ccccc23)CC1. The number of para-hydroxylation sites is 1. The lowest BCUT2D eigenvalue weighted by Crippen LogP contribution is -2.42. The highest BCUT2D eigenvalue weighted by Crippen LogP contribution is 2.26. The zero-order valence-electron chi connectivity index (χ0n) is 13.9. The molecule has 0 unspecified atom stereocenters. The van der Waals surface area contributed by atoms with Crippen LogP contribution in [0.1, 0.15) is 23.2 Å². The first kappa shape index (κ1) is 15.7. The number of hydrogen-bond acceptors (Lipinski definition) is 4. The molecule has 5 nitrogen and oxygen atoms in total. The van der Waals surface area contributed by atoms with Gasteiger partial charge < -0.3 is 10.6 Å². The van der Waals surface area contributed by atoms with Crippen molar-refractivity contribution in [2.45, 2.75) is 18.9 Å². The Morgan fingerprint density at radius 2 is 1.80 bits per heavy atom. The van der Waals surface area contributed by atoms with E-state index in [9.17, 15) is 4.79 Å². The predicted molar refractivity (Wildman–Crippen MR) is 98.1 cm³/mol. The van der Waals surface area contributed by atoms with Gasteiger partial charge in [0.15, 0.2) is 0 Å². The molecule has 25 heavy (non-hydrogen) atoms. The van der Waals surface area contributed by atoms with Gasteiger partial charge in [0.05, 0.1) is 16.8 Å². The third-order valence-corrected chi connectivity index (χ3v) is 4.75. The molecule has 0 bridgehead atoms. The van der Waals surface area contributed by atoms with Crippen LogP contribution in [0.4, 0.5) is 0 Å². The Morgan fingerprint density at radius 1 is 1.08 bits per heavy atom. The van der Waals surface area contributed by atoms with Gasteiger partial charge in [-0.1, -0.05) is 18.2 Å². The average Bonchev–Trinajstić information content (AvgIpc) is 2.68. The standard InChI is InChI=1S/C20H20N4O/c21-15-7-11-24(12-8-15)20(25)17-13-19(14-5-9-22-10-6-14)23-18-4-2-1-3-16(17)18/h1-6,9-10,13,15H,7-8,11-12,21H2. The maximum atomic E-state index is 13.1. The highest BCUT2D eigenvalue weighted by atomic mass is 16.2. The van der Waals surface area contributed by atoms with Crippen LogP contribution in [0, 0.1) is 0 Å². The van der Waals surface area contributed by atoms with Crippen LogP contribution < -0.4 is 5.73 Å². The number of benzene rings is 1. The molecule has 3 heterocycles. The minimum absolute atomic E-state index is 0.0563. The summed E-state index contributed by atoms with van der Waals surface area (Å²) in [4.78, 5) is 23.8. The molecule has 1 aliphatic heterocycles. The minimum atomic E-state index is 0.0563. The lowest BCUT2D eigenvalue weighted by molar-refractivity contribution is 0.0716. The van der Waals surface area contributed by atoms with Gasteiger partial charge >= 0.3 is 0 Å². The van der Waals surface area contributed by atoms with Gasteiger partial charge in [-0.25, -0.2) is 4.98 Å². The molecule has 0 radical (unpaired) electrons. The molecule has 126 valence electrons. The number of hydrogen-bond donors (Lipinski definition) is 1. The number of carbonyl (C=O) groups is 1. The summed E-state index contributed by atoms with van der Waals surface area (Å²) in [6.07, 6.45) is 5.18. The monoisotopic (exact) mass is 332 g/mol. The van der Waals surface area contributed by atoms with Gasteiger partial charge in [0.25, 0.3) is 5.91 Å². The van der Waals surface area contributed by atoms with Gasteiger partial charge in [0.2, 0.25) is 0 Å². The summed E-state index contributed by atoms with van der Waals surface area (Å²) in [7, 11) is 0. The molecule has 0 saturated carbocycles. The van der Waals surface area contributed by atoms with Gasteiger partial charge in [-0.3, -0.25) is 9.78 Å². The molecule has 2 aromatic heterocycles. The summed E-state index contributed by atoms with van der Waals surface area (Å²) in [5.41, 5.74) is 9.25. The molecule has 1 saturated heterocycles. The summed E-state index contributed by atoms with van der Waals surface area (Å²) in [6, 6.07) is 13.7. The second-order valence-electron chi connectivity index (χ2n) is 6.44. The first-order valence-corrected chi connectivity index (χ1v) is 8.57. The van der Waals surface area contributed by atoms with E-state index >= 15 is 0 Å². The van der Waals surface area contributed by atoms with Crippen LogP contribution in [0.5, 0.6) is 0 Å². The Kier molecular flexibility index (Phi) is 4.15. The van der Waals surface area contributed by atoms with Gasteiger partial charge in [-0.15, -0.1) is 0 Å². The number of aromatic nitrogens is 2.